The predicted molar refractivity (Wildman–Crippen MR) is 36.4 cm³/mol. The van der Waals surface area contributed by atoms with E-state index in [0.29, 0.717) is 12.8 Å². The fraction of sp³-hybridized carbons (Fsp3) is 1.00. The molecule has 4 heteroatoms. The molecule has 3 nitrogen and oxygen atoms in total. The van der Waals surface area contributed by atoms with Crippen molar-refractivity contribution >= 4 is 11.1 Å². The van der Waals surface area contributed by atoms with Gasteiger partial charge in [0.05, 0.1) is 4.87 Å². The molecule has 0 bridgehead atoms. The van der Waals surface area contributed by atoms with Gasteiger partial charge in [0.1, 0.15) is 0 Å². The average molecular weight is 150 g/mol. The molecular weight excluding hydrogens is 138 g/mol. The Balaban J connectivity index is 4.09. The molecule has 9 heavy (non-hydrogen) atoms. The SMILES string of the molecule is CCC(N)(CC)S(=O)[O-]. The second kappa shape index (κ2) is 3.29. The zero-order chi connectivity index (χ0) is 7.49. The lowest BCUT2D eigenvalue weighted by Gasteiger charge is -2.28. The van der Waals surface area contributed by atoms with Gasteiger partial charge in [0.2, 0.25) is 0 Å². The second-order valence-corrected chi connectivity index (χ2v) is 3.29. The van der Waals surface area contributed by atoms with Crippen molar-refractivity contribution in [3.63, 3.8) is 0 Å². The Labute approximate surface area is 57.9 Å². The summed E-state index contributed by atoms with van der Waals surface area (Å²) in [6.07, 6.45) is 0.944. The van der Waals surface area contributed by atoms with Crippen LogP contribution in [0.3, 0.4) is 0 Å². The Hall–Kier alpha value is 0.0700. The molecule has 0 heterocycles. The van der Waals surface area contributed by atoms with E-state index < -0.39 is 16.0 Å². The third kappa shape index (κ3) is 2.04. The highest BCUT2D eigenvalue weighted by Gasteiger charge is 2.20. The van der Waals surface area contributed by atoms with Crippen molar-refractivity contribution in [1.82, 2.24) is 0 Å². The normalized spacial score (nSPS) is 15.6. The van der Waals surface area contributed by atoms with E-state index in [-0.39, 0.29) is 0 Å². The molecule has 1 atom stereocenters. The summed E-state index contributed by atoms with van der Waals surface area (Å²) in [7, 11) is 0. The molecule has 0 radical (unpaired) electrons. The highest BCUT2D eigenvalue weighted by Crippen LogP contribution is 2.13. The van der Waals surface area contributed by atoms with Gasteiger partial charge in [0, 0.05) is 0 Å². The van der Waals surface area contributed by atoms with Crippen LogP contribution in [0.2, 0.25) is 0 Å². The van der Waals surface area contributed by atoms with Crippen LogP contribution in [0.15, 0.2) is 0 Å². The van der Waals surface area contributed by atoms with Gasteiger partial charge in [-0.15, -0.1) is 0 Å². The van der Waals surface area contributed by atoms with Crippen LogP contribution in [0.25, 0.3) is 0 Å². The van der Waals surface area contributed by atoms with Crippen LogP contribution in [0.5, 0.6) is 0 Å². The van der Waals surface area contributed by atoms with E-state index >= 15 is 0 Å². The summed E-state index contributed by atoms with van der Waals surface area (Å²) >= 11 is -2.14. The highest BCUT2D eigenvalue weighted by molar-refractivity contribution is 7.80. The average Bonchev–Trinajstić information content (AvgIpc) is 1.86. The number of nitrogens with two attached hydrogens (primary N) is 1. The monoisotopic (exact) mass is 150 g/mol. The molecule has 0 spiro atoms. The Kier molecular flexibility index (Phi) is 3.32. The zero-order valence-corrected chi connectivity index (χ0v) is 6.53. The van der Waals surface area contributed by atoms with E-state index in [0.717, 1.165) is 0 Å². The lowest BCUT2D eigenvalue weighted by atomic mass is 10.2. The predicted octanol–water partition coefficient (Wildman–Crippen LogP) is 0.341. The fourth-order valence-corrected chi connectivity index (χ4v) is 0.957. The van der Waals surface area contributed by atoms with E-state index in [1.54, 1.807) is 13.8 Å². The molecule has 1 unspecified atom stereocenters. The van der Waals surface area contributed by atoms with Gasteiger partial charge in [-0.1, -0.05) is 13.8 Å². The standard InChI is InChI=1S/C5H13NO2S/c1-3-5(6,4-2)9(7)8/h3-4,6H2,1-2H3,(H,7,8)/p-1. The summed E-state index contributed by atoms with van der Waals surface area (Å²) in [5.74, 6) is 0. The number of hydrogen-bond acceptors (Lipinski definition) is 3. The molecule has 0 aromatic carbocycles. The van der Waals surface area contributed by atoms with E-state index in [9.17, 15) is 8.76 Å². The van der Waals surface area contributed by atoms with Gasteiger partial charge in [-0.05, 0) is 23.9 Å². The van der Waals surface area contributed by atoms with Crippen molar-refractivity contribution in [3.05, 3.63) is 0 Å². The largest absolute Gasteiger partial charge is 0.771 e. The zero-order valence-electron chi connectivity index (χ0n) is 5.72. The molecule has 0 amide bonds. The van der Waals surface area contributed by atoms with Crippen LogP contribution >= 0.6 is 0 Å². The van der Waals surface area contributed by atoms with Crippen molar-refractivity contribution < 1.29 is 8.76 Å². The van der Waals surface area contributed by atoms with Crippen LogP contribution in [0.1, 0.15) is 26.7 Å². The summed E-state index contributed by atoms with van der Waals surface area (Å²) in [6.45, 7) is 3.53. The van der Waals surface area contributed by atoms with Crippen molar-refractivity contribution in [2.75, 3.05) is 0 Å². The van der Waals surface area contributed by atoms with Gasteiger partial charge in [-0.2, -0.15) is 0 Å². The maximum absolute atomic E-state index is 10.4. The van der Waals surface area contributed by atoms with E-state index in [4.69, 9.17) is 5.73 Å². The first-order valence-corrected chi connectivity index (χ1v) is 4.02. The van der Waals surface area contributed by atoms with Gasteiger partial charge < -0.3 is 10.3 Å². The lowest BCUT2D eigenvalue weighted by molar-refractivity contribution is 0.455. The summed E-state index contributed by atoms with van der Waals surface area (Å²) in [5, 5.41) is 0. The first kappa shape index (κ1) is 9.07. The number of rotatable bonds is 3. The minimum Gasteiger partial charge on any atom is -0.771 e. The van der Waals surface area contributed by atoms with Gasteiger partial charge in [0.15, 0.2) is 0 Å². The van der Waals surface area contributed by atoms with Gasteiger partial charge >= 0.3 is 0 Å². The minimum atomic E-state index is -2.14. The molecule has 2 N–H and O–H groups in total. The van der Waals surface area contributed by atoms with Crippen LogP contribution in [0.4, 0.5) is 0 Å². The maximum atomic E-state index is 10.4. The topological polar surface area (TPSA) is 66.2 Å². The Morgan fingerprint density at radius 3 is 1.89 bits per heavy atom. The lowest BCUT2D eigenvalue weighted by Crippen LogP contribution is -2.42. The smallest absolute Gasteiger partial charge is 0.0782 e. The molecule has 56 valence electrons. The Morgan fingerprint density at radius 2 is 1.89 bits per heavy atom. The summed E-state index contributed by atoms with van der Waals surface area (Å²) in [4.78, 5) is -1.00. The van der Waals surface area contributed by atoms with E-state index in [1.807, 2.05) is 0 Å². The molecule has 0 fully saturated rings. The molecule has 0 aromatic rings. The van der Waals surface area contributed by atoms with Crippen molar-refractivity contribution in [2.45, 2.75) is 31.6 Å². The molecule has 0 saturated heterocycles. The van der Waals surface area contributed by atoms with Crippen LogP contribution in [-0.4, -0.2) is 13.6 Å². The number of hydrogen-bond donors (Lipinski definition) is 1. The Morgan fingerprint density at radius 1 is 1.56 bits per heavy atom. The Bertz CT molecular complexity index is 112. The van der Waals surface area contributed by atoms with Gasteiger partial charge in [0.25, 0.3) is 0 Å². The molecule has 0 aliphatic carbocycles. The quantitative estimate of drug-likeness (QED) is 0.590. The minimum absolute atomic E-state index is 0.472. The highest BCUT2D eigenvalue weighted by atomic mass is 32.2. The van der Waals surface area contributed by atoms with Crippen molar-refractivity contribution in [3.8, 4) is 0 Å². The summed E-state index contributed by atoms with van der Waals surface area (Å²) < 4.78 is 20.7. The molecule has 0 aliphatic rings. The summed E-state index contributed by atoms with van der Waals surface area (Å²) in [5.41, 5.74) is 5.43. The fourth-order valence-electron chi connectivity index (χ4n) is 0.486. The van der Waals surface area contributed by atoms with E-state index in [1.165, 1.54) is 0 Å². The van der Waals surface area contributed by atoms with Crippen LogP contribution in [0, 0.1) is 0 Å². The van der Waals surface area contributed by atoms with Gasteiger partial charge in [-0.25, -0.2) is 0 Å². The second-order valence-electron chi connectivity index (χ2n) is 2.01. The third-order valence-corrected chi connectivity index (χ3v) is 2.77. The summed E-state index contributed by atoms with van der Waals surface area (Å²) in [6, 6.07) is 0. The van der Waals surface area contributed by atoms with Crippen molar-refractivity contribution in [2.24, 2.45) is 5.73 Å². The maximum Gasteiger partial charge on any atom is 0.0782 e. The van der Waals surface area contributed by atoms with Crippen LogP contribution < -0.4 is 5.73 Å². The first-order valence-electron chi connectivity index (χ1n) is 2.95. The first-order chi connectivity index (χ1) is 4.06. The molecular formula is C5H12NO2S-. The third-order valence-electron chi connectivity index (χ3n) is 1.53. The molecule has 0 aromatic heterocycles. The molecule has 0 saturated carbocycles. The molecule has 0 rings (SSSR count). The van der Waals surface area contributed by atoms with Gasteiger partial charge in [-0.3, -0.25) is 4.21 Å². The van der Waals surface area contributed by atoms with E-state index in [2.05, 4.69) is 0 Å². The van der Waals surface area contributed by atoms with Crippen molar-refractivity contribution in [1.29, 1.82) is 0 Å². The molecule has 0 aliphatic heterocycles. The van der Waals surface area contributed by atoms with Crippen LogP contribution in [-0.2, 0) is 11.1 Å².